The summed E-state index contributed by atoms with van der Waals surface area (Å²) >= 11 is 0. The molecule has 1 aromatic rings. The number of benzene rings is 1. The Morgan fingerprint density at radius 2 is 2.11 bits per heavy atom. The molecule has 0 bridgehead atoms. The van der Waals surface area contributed by atoms with Crippen LogP contribution in [-0.4, -0.2) is 38.2 Å². The molecule has 3 nitrogen and oxygen atoms in total. The molecule has 18 heavy (non-hydrogen) atoms. The highest BCUT2D eigenvalue weighted by molar-refractivity contribution is 5.26. The van der Waals surface area contributed by atoms with Crippen LogP contribution in [0.25, 0.3) is 0 Å². The maximum absolute atomic E-state index is 5.23. The van der Waals surface area contributed by atoms with Crippen molar-refractivity contribution in [3.63, 3.8) is 0 Å². The van der Waals surface area contributed by atoms with Crippen molar-refractivity contribution in [3.05, 3.63) is 35.4 Å². The number of hydrogen-bond acceptors (Lipinski definition) is 3. The molecular formula is C15H24N2O. The van der Waals surface area contributed by atoms with Crippen LogP contribution in [0.1, 0.15) is 24.0 Å². The Kier molecular flexibility index (Phi) is 5.17. The molecule has 1 unspecified atom stereocenters. The molecule has 0 aliphatic carbocycles. The van der Waals surface area contributed by atoms with Gasteiger partial charge in [-0.25, -0.2) is 0 Å². The van der Waals surface area contributed by atoms with Crippen molar-refractivity contribution in [1.82, 2.24) is 10.2 Å². The van der Waals surface area contributed by atoms with Crippen molar-refractivity contribution in [2.24, 2.45) is 0 Å². The van der Waals surface area contributed by atoms with E-state index in [1.165, 1.54) is 30.5 Å². The standard InChI is InChI=1S/C15H24N2O/c1-17-9-5-8-15(17)11-16-10-13-6-3-4-7-14(13)12-18-2/h3-4,6-7,15-16H,5,8-12H2,1-2H3. The molecule has 100 valence electrons. The van der Waals surface area contributed by atoms with Gasteiger partial charge in [0.05, 0.1) is 6.61 Å². The van der Waals surface area contributed by atoms with Crippen molar-refractivity contribution >= 4 is 0 Å². The Hall–Kier alpha value is -0.900. The first kappa shape index (κ1) is 13.5. The van der Waals surface area contributed by atoms with Gasteiger partial charge in [0.25, 0.3) is 0 Å². The maximum Gasteiger partial charge on any atom is 0.0716 e. The van der Waals surface area contributed by atoms with E-state index in [1.807, 2.05) is 0 Å². The van der Waals surface area contributed by atoms with E-state index in [0.717, 1.165) is 13.1 Å². The minimum atomic E-state index is 0.696. The summed E-state index contributed by atoms with van der Waals surface area (Å²) in [7, 11) is 3.97. The fourth-order valence-corrected chi connectivity index (χ4v) is 2.64. The van der Waals surface area contributed by atoms with Crippen LogP contribution in [0, 0.1) is 0 Å². The van der Waals surface area contributed by atoms with E-state index in [-0.39, 0.29) is 0 Å². The third-order valence-corrected chi connectivity index (χ3v) is 3.79. The first-order valence-corrected chi connectivity index (χ1v) is 6.78. The number of methoxy groups -OCH3 is 1. The summed E-state index contributed by atoms with van der Waals surface area (Å²) < 4.78 is 5.23. The van der Waals surface area contributed by atoms with Crippen LogP contribution in [0.5, 0.6) is 0 Å². The second-order valence-corrected chi connectivity index (χ2v) is 5.11. The molecule has 1 N–H and O–H groups in total. The summed E-state index contributed by atoms with van der Waals surface area (Å²) in [6.07, 6.45) is 2.66. The molecule has 3 heteroatoms. The van der Waals surface area contributed by atoms with Crippen molar-refractivity contribution < 1.29 is 4.74 Å². The van der Waals surface area contributed by atoms with E-state index in [0.29, 0.717) is 12.6 Å². The number of nitrogens with one attached hydrogen (secondary N) is 1. The largest absolute Gasteiger partial charge is 0.380 e. The zero-order valence-corrected chi connectivity index (χ0v) is 11.5. The number of hydrogen-bond donors (Lipinski definition) is 1. The van der Waals surface area contributed by atoms with Gasteiger partial charge in [-0.15, -0.1) is 0 Å². The predicted octanol–water partition coefficient (Wildman–Crippen LogP) is 2.02. The van der Waals surface area contributed by atoms with Gasteiger partial charge in [-0.3, -0.25) is 0 Å². The van der Waals surface area contributed by atoms with Gasteiger partial charge < -0.3 is 15.0 Å². The van der Waals surface area contributed by atoms with Gasteiger partial charge in [-0.1, -0.05) is 24.3 Å². The second kappa shape index (κ2) is 6.88. The van der Waals surface area contributed by atoms with Crippen molar-refractivity contribution in [2.75, 3.05) is 27.2 Å². The number of nitrogens with zero attached hydrogens (tertiary/aromatic N) is 1. The van der Waals surface area contributed by atoms with E-state index >= 15 is 0 Å². The minimum absolute atomic E-state index is 0.696. The lowest BCUT2D eigenvalue weighted by molar-refractivity contribution is 0.184. The SMILES string of the molecule is COCc1ccccc1CNCC1CCCN1C. The Morgan fingerprint density at radius 1 is 1.33 bits per heavy atom. The van der Waals surface area contributed by atoms with E-state index in [4.69, 9.17) is 4.74 Å². The Labute approximate surface area is 110 Å². The lowest BCUT2D eigenvalue weighted by Crippen LogP contribution is -2.35. The molecule has 0 saturated carbocycles. The van der Waals surface area contributed by atoms with Crippen LogP contribution in [-0.2, 0) is 17.9 Å². The summed E-state index contributed by atoms with van der Waals surface area (Å²) in [6, 6.07) is 9.20. The van der Waals surface area contributed by atoms with Crippen LogP contribution in [0.15, 0.2) is 24.3 Å². The molecule has 1 aliphatic rings. The average molecular weight is 248 g/mol. The third-order valence-electron chi connectivity index (χ3n) is 3.79. The molecule has 1 saturated heterocycles. The molecule has 1 fully saturated rings. The highest BCUT2D eigenvalue weighted by Gasteiger charge is 2.19. The van der Waals surface area contributed by atoms with Gasteiger partial charge in [0, 0.05) is 26.2 Å². The smallest absolute Gasteiger partial charge is 0.0716 e. The second-order valence-electron chi connectivity index (χ2n) is 5.11. The summed E-state index contributed by atoms with van der Waals surface area (Å²) in [5, 5.41) is 3.58. The summed E-state index contributed by atoms with van der Waals surface area (Å²) in [4.78, 5) is 2.45. The van der Waals surface area contributed by atoms with Crippen LogP contribution in [0.4, 0.5) is 0 Å². The number of likely N-dealkylation sites (tertiary alicyclic amines) is 1. The molecule has 1 aromatic carbocycles. The Balaban J connectivity index is 1.82. The van der Waals surface area contributed by atoms with E-state index in [1.54, 1.807) is 7.11 Å². The van der Waals surface area contributed by atoms with Crippen LogP contribution >= 0.6 is 0 Å². The lowest BCUT2D eigenvalue weighted by atomic mass is 10.1. The first-order chi connectivity index (χ1) is 8.81. The highest BCUT2D eigenvalue weighted by Crippen LogP contribution is 2.14. The topological polar surface area (TPSA) is 24.5 Å². The Bertz CT molecular complexity index is 367. The molecule has 0 radical (unpaired) electrons. The van der Waals surface area contributed by atoms with Gasteiger partial charge in [0.15, 0.2) is 0 Å². The van der Waals surface area contributed by atoms with Crippen LogP contribution < -0.4 is 5.32 Å². The number of rotatable bonds is 6. The summed E-state index contributed by atoms with van der Waals surface area (Å²) in [5.41, 5.74) is 2.63. The number of likely N-dealkylation sites (N-methyl/N-ethyl adjacent to an activating group) is 1. The van der Waals surface area contributed by atoms with E-state index in [9.17, 15) is 0 Å². The van der Waals surface area contributed by atoms with Gasteiger partial charge >= 0.3 is 0 Å². The summed E-state index contributed by atoms with van der Waals surface area (Å²) in [5.74, 6) is 0. The maximum atomic E-state index is 5.23. The molecule has 2 rings (SSSR count). The minimum Gasteiger partial charge on any atom is -0.380 e. The zero-order valence-electron chi connectivity index (χ0n) is 11.5. The molecule has 1 atom stereocenters. The van der Waals surface area contributed by atoms with Gasteiger partial charge in [0.1, 0.15) is 0 Å². The first-order valence-electron chi connectivity index (χ1n) is 6.78. The molecule has 0 spiro atoms. The highest BCUT2D eigenvalue weighted by atomic mass is 16.5. The molecular weight excluding hydrogens is 224 g/mol. The Morgan fingerprint density at radius 3 is 2.78 bits per heavy atom. The summed E-state index contributed by atoms with van der Waals surface area (Å²) in [6.45, 7) is 3.95. The molecule has 1 aliphatic heterocycles. The van der Waals surface area contributed by atoms with E-state index < -0.39 is 0 Å². The molecule has 0 amide bonds. The van der Waals surface area contributed by atoms with Gasteiger partial charge in [-0.2, -0.15) is 0 Å². The van der Waals surface area contributed by atoms with Crippen LogP contribution in [0.3, 0.4) is 0 Å². The average Bonchev–Trinajstić information content (AvgIpc) is 2.78. The predicted molar refractivity (Wildman–Crippen MR) is 74.5 cm³/mol. The van der Waals surface area contributed by atoms with Gasteiger partial charge in [-0.05, 0) is 37.6 Å². The third kappa shape index (κ3) is 3.55. The molecule has 1 heterocycles. The van der Waals surface area contributed by atoms with Crippen LogP contribution in [0.2, 0.25) is 0 Å². The lowest BCUT2D eigenvalue weighted by Gasteiger charge is -2.20. The van der Waals surface area contributed by atoms with Crippen molar-refractivity contribution in [2.45, 2.75) is 32.0 Å². The normalized spacial score (nSPS) is 20.4. The van der Waals surface area contributed by atoms with E-state index in [2.05, 4.69) is 41.5 Å². The monoisotopic (exact) mass is 248 g/mol. The van der Waals surface area contributed by atoms with Gasteiger partial charge in [0.2, 0.25) is 0 Å². The van der Waals surface area contributed by atoms with Crippen molar-refractivity contribution in [3.8, 4) is 0 Å². The molecule has 0 aromatic heterocycles. The number of ether oxygens (including phenoxy) is 1. The fourth-order valence-electron chi connectivity index (χ4n) is 2.64. The fraction of sp³-hybridized carbons (Fsp3) is 0.600. The zero-order chi connectivity index (χ0) is 12.8. The van der Waals surface area contributed by atoms with Crippen molar-refractivity contribution in [1.29, 1.82) is 0 Å². The quantitative estimate of drug-likeness (QED) is 0.833.